The van der Waals surface area contributed by atoms with Crippen LogP contribution in [0.4, 0.5) is 0 Å². The molecule has 4 rings (SSSR count). The molecule has 8 heteroatoms. The van der Waals surface area contributed by atoms with Gasteiger partial charge in [-0.2, -0.15) is 0 Å². The van der Waals surface area contributed by atoms with E-state index >= 15 is 0 Å². The first-order valence-corrected chi connectivity index (χ1v) is 9.48. The molecule has 2 aromatic heterocycles. The van der Waals surface area contributed by atoms with Crippen molar-refractivity contribution in [2.75, 3.05) is 26.2 Å². The van der Waals surface area contributed by atoms with Crippen molar-refractivity contribution in [3.63, 3.8) is 0 Å². The average molecular weight is 362 g/mol. The van der Waals surface area contributed by atoms with Crippen LogP contribution in [0.1, 0.15) is 27.5 Å². The van der Waals surface area contributed by atoms with Gasteiger partial charge in [0.2, 0.25) is 0 Å². The maximum absolute atomic E-state index is 12.1. The van der Waals surface area contributed by atoms with Crippen LogP contribution in [-0.4, -0.2) is 53.3 Å². The average Bonchev–Trinajstić information content (AvgIpc) is 3.35. The highest BCUT2D eigenvalue weighted by Gasteiger charge is 2.43. The lowest BCUT2D eigenvalue weighted by Crippen LogP contribution is -2.34. The Labute approximate surface area is 150 Å². The van der Waals surface area contributed by atoms with Crippen molar-refractivity contribution in [1.29, 1.82) is 0 Å². The molecule has 0 bridgehead atoms. The number of nitrogens with one attached hydrogen (secondary N) is 1. The maximum Gasteiger partial charge on any atom is 0.270 e. The fourth-order valence-electron chi connectivity index (χ4n) is 3.81. The molecule has 1 amide bonds. The van der Waals surface area contributed by atoms with Crippen molar-refractivity contribution in [2.45, 2.75) is 26.5 Å². The molecule has 4 heterocycles. The van der Waals surface area contributed by atoms with Crippen LogP contribution in [0.5, 0.6) is 0 Å². The number of fused-ring (bicyclic) bond motifs is 1. The highest BCUT2D eigenvalue weighted by molar-refractivity contribution is 7.07. The van der Waals surface area contributed by atoms with Crippen molar-refractivity contribution in [3.8, 4) is 0 Å². The van der Waals surface area contributed by atoms with Gasteiger partial charge in [-0.25, -0.2) is 4.98 Å². The number of carbonyl (C=O) groups excluding carboxylic acids is 1. The molecule has 2 aromatic rings. The lowest BCUT2D eigenvalue weighted by atomic mass is 9.93. The monoisotopic (exact) mass is 362 g/mol. The number of nitrogens with zero attached hydrogens (tertiary/aromatic N) is 3. The molecule has 2 fully saturated rings. The van der Waals surface area contributed by atoms with E-state index in [1.54, 1.807) is 10.9 Å². The molecular formula is C17H22N4O3S. The van der Waals surface area contributed by atoms with Gasteiger partial charge >= 0.3 is 0 Å². The van der Waals surface area contributed by atoms with Gasteiger partial charge in [0.05, 0.1) is 23.9 Å². The van der Waals surface area contributed by atoms with Crippen LogP contribution >= 0.6 is 11.3 Å². The van der Waals surface area contributed by atoms with E-state index in [0.717, 1.165) is 31.1 Å². The van der Waals surface area contributed by atoms with Crippen molar-refractivity contribution < 1.29 is 14.1 Å². The SMILES string of the molecule is Cc1noc(C)c1CN1C[C@@H]2[C@@H](CNC(=O)c3cscn3)CO[C@@H]2C1. The molecule has 1 N–H and O–H groups in total. The summed E-state index contributed by atoms with van der Waals surface area (Å²) in [6.07, 6.45) is 0.252. The Bertz CT molecular complexity index is 726. The molecule has 7 nitrogen and oxygen atoms in total. The Morgan fingerprint density at radius 2 is 2.32 bits per heavy atom. The van der Waals surface area contributed by atoms with Gasteiger partial charge in [-0.1, -0.05) is 5.16 Å². The Hall–Kier alpha value is -1.77. The summed E-state index contributed by atoms with van der Waals surface area (Å²) in [7, 11) is 0. The van der Waals surface area contributed by atoms with Crippen LogP contribution in [0.15, 0.2) is 15.4 Å². The molecule has 2 aliphatic rings. The number of hydrogen-bond acceptors (Lipinski definition) is 7. The number of carbonyl (C=O) groups is 1. The van der Waals surface area contributed by atoms with E-state index in [-0.39, 0.29) is 12.0 Å². The van der Waals surface area contributed by atoms with Crippen LogP contribution in [0.25, 0.3) is 0 Å². The second kappa shape index (κ2) is 6.86. The molecule has 3 atom stereocenters. The van der Waals surface area contributed by atoms with E-state index in [4.69, 9.17) is 9.26 Å². The molecule has 0 saturated carbocycles. The van der Waals surface area contributed by atoms with E-state index in [0.29, 0.717) is 30.7 Å². The zero-order chi connectivity index (χ0) is 17.4. The minimum absolute atomic E-state index is 0.102. The third-order valence-corrected chi connectivity index (χ3v) is 5.85. The Balaban J connectivity index is 1.33. The first-order valence-electron chi connectivity index (χ1n) is 8.54. The van der Waals surface area contributed by atoms with Crippen LogP contribution in [0, 0.1) is 25.7 Å². The largest absolute Gasteiger partial charge is 0.376 e. The van der Waals surface area contributed by atoms with Gasteiger partial charge in [-0.3, -0.25) is 9.69 Å². The summed E-state index contributed by atoms with van der Waals surface area (Å²) in [4.78, 5) is 18.5. The van der Waals surface area contributed by atoms with Gasteiger partial charge in [-0.15, -0.1) is 11.3 Å². The number of amides is 1. The van der Waals surface area contributed by atoms with E-state index in [2.05, 4.69) is 20.4 Å². The number of hydrogen-bond donors (Lipinski definition) is 1. The molecule has 25 heavy (non-hydrogen) atoms. The quantitative estimate of drug-likeness (QED) is 0.871. The van der Waals surface area contributed by atoms with Gasteiger partial charge in [0, 0.05) is 49.0 Å². The predicted octanol–water partition coefficient (Wildman–Crippen LogP) is 1.62. The van der Waals surface area contributed by atoms with Crippen LogP contribution in [0.2, 0.25) is 0 Å². The Kier molecular flexibility index (Phi) is 4.58. The highest BCUT2D eigenvalue weighted by atomic mass is 32.1. The van der Waals surface area contributed by atoms with E-state index < -0.39 is 0 Å². The second-order valence-corrected chi connectivity index (χ2v) is 7.59. The molecule has 0 spiro atoms. The molecular weight excluding hydrogens is 340 g/mol. The van der Waals surface area contributed by atoms with Crippen molar-refractivity contribution in [3.05, 3.63) is 33.6 Å². The number of aromatic nitrogens is 2. The molecule has 0 aromatic carbocycles. The van der Waals surface area contributed by atoms with Gasteiger partial charge in [0.1, 0.15) is 11.5 Å². The van der Waals surface area contributed by atoms with Gasteiger partial charge in [-0.05, 0) is 13.8 Å². The minimum Gasteiger partial charge on any atom is -0.376 e. The molecule has 2 saturated heterocycles. The van der Waals surface area contributed by atoms with Crippen molar-refractivity contribution in [1.82, 2.24) is 20.4 Å². The van der Waals surface area contributed by atoms with Crippen LogP contribution < -0.4 is 5.32 Å². The van der Waals surface area contributed by atoms with Crippen LogP contribution in [-0.2, 0) is 11.3 Å². The normalized spacial score (nSPS) is 26.1. The maximum atomic E-state index is 12.1. The van der Waals surface area contributed by atoms with Crippen LogP contribution in [0.3, 0.4) is 0 Å². The lowest BCUT2D eigenvalue weighted by Gasteiger charge is -2.19. The smallest absolute Gasteiger partial charge is 0.270 e. The number of ether oxygens (including phenoxy) is 1. The minimum atomic E-state index is -0.102. The second-order valence-electron chi connectivity index (χ2n) is 6.88. The highest BCUT2D eigenvalue weighted by Crippen LogP contribution is 2.34. The fraction of sp³-hybridized carbons (Fsp3) is 0.588. The summed E-state index contributed by atoms with van der Waals surface area (Å²) >= 11 is 1.43. The topological polar surface area (TPSA) is 80.5 Å². The summed E-state index contributed by atoms with van der Waals surface area (Å²) in [5, 5.41) is 8.80. The molecule has 0 radical (unpaired) electrons. The first-order chi connectivity index (χ1) is 12.1. The molecule has 2 aliphatic heterocycles. The first kappa shape index (κ1) is 16.7. The molecule has 0 aliphatic carbocycles. The van der Waals surface area contributed by atoms with E-state index in [1.807, 2.05) is 13.8 Å². The summed E-state index contributed by atoms with van der Waals surface area (Å²) < 4.78 is 11.2. The standard InChI is InChI=1S/C17H22N4O3S/c1-10-13(11(2)24-20-10)4-21-5-14-12(7-23-16(14)6-21)3-18-17(22)15-8-25-9-19-15/h8-9,12,14,16H,3-7H2,1-2H3,(H,18,22)/t12-,14+,16+/m0/s1. The number of likely N-dealkylation sites (tertiary alicyclic amines) is 1. The van der Waals surface area contributed by atoms with Gasteiger partial charge < -0.3 is 14.6 Å². The molecule has 0 unspecified atom stereocenters. The zero-order valence-corrected chi connectivity index (χ0v) is 15.2. The number of aryl methyl sites for hydroxylation is 2. The summed E-state index contributed by atoms with van der Waals surface area (Å²) in [6.45, 7) is 8.03. The Morgan fingerprint density at radius 3 is 3.04 bits per heavy atom. The summed E-state index contributed by atoms with van der Waals surface area (Å²) in [5.74, 6) is 1.59. The number of rotatable bonds is 5. The van der Waals surface area contributed by atoms with E-state index in [9.17, 15) is 4.79 Å². The number of thiazole rings is 1. The zero-order valence-electron chi connectivity index (χ0n) is 14.4. The third-order valence-electron chi connectivity index (χ3n) is 5.27. The fourth-order valence-corrected chi connectivity index (χ4v) is 4.34. The third kappa shape index (κ3) is 3.33. The van der Waals surface area contributed by atoms with Crippen molar-refractivity contribution in [2.24, 2.45) is 11.8 Å². The predicted molar refractivity (Wildman–Crippen MR) is 92.4 cm³/mol. The summed E-state index contributed by atoms with van der Waals surface area (Å²) in [6, 6.07) is 0. The van der Waals surface area contributed by atoms with Crippen molar-refractivity contribution >= 4 is 17.2 Å². The molecule has 134 valence electrons. The van der Waals surface area contributed by atoms with Gasteiger partial charge in [0.25, 0.3) is 5.91 Å². The summed E-state index contributed by atoms with van der Waals surface area (Å²) in [5.41, 5.74) is 4.30. The van der Waals surface area contributed by atoms with E-state index in [1.165, 1.54) is 16.9 Å². The lowest BCUT2D eigenvalue weighted by molar-refractivity contribution is 0.0901. The van der Waals surface area contributed by atoms with Gasteiger partial charge in [0.15, 0.2) is 0 Å². The Morgan fingerprint density at radius 1 is 1.44 bits per heavy atom.